The number of primary amides is 1. The molecule has 2 nitrogen and oxygen atoms in total. The lowest BCUT2D eigenvalue weighted by Crippen LogP contribution is -2.29. The molecule has 4 heteroatoms. The van der Waals surface area contributed by atoms with Crippen molar-refractivity contribution in [3.63, 3.8) is 0 Å². The highest BCUT2D eigenvalue weighted by Gasteiger charge is 2.31. The Bertz CT molecular complexity index is 966. The number of nitrogens with two attached hydrogens (primary N) is 1. The van der Waals surface area contributed by atoms with Crippen molar-refractivity contribution in [3.8, 4) is 0 Å². The summed E-state index contributed by atoms with van der Waals surface area (Å²) < 4.78 is 0. The maximum Gasteiger partial charge on any atom is 0.217 e. The van der Waals surface area contributed by atoms with Crippen LogP contribution in [0.4, 0.5) is 0 Å². The van der Waals surface area contributed by atoms with Gasteiger partial charge in [0.15, 0.2) is 0 Å². The van der Waals surface area contributed by atoms with Gasteiger partial charge in [0.2, 0.25) is 5.91 Å². The van der Waals surface area contributed by atoms with Gasteiger partial charge < -0.3 is 5.73 Å². The van der Waals surface area contributed by atoms with Gasteiger partial charge in [0.25, 0.3) is 0 Å². The molecule has 2 aromatic carbocycles. The third-order valence-electron chi connectivity index (χ3n) is 6.18. The fourth-order valence-electron chi connectivity index (χ4n) is 4.62. The topological polar surface area (TPSA) is 43.1 Å². The van der Waals surface area contributed by atoms with E-state index < -0.39 is 0 Å². The SMILES string of the molecule is C=CCCC(CC(N)=O)CC(C)(Cc1ccc(Cl)cc1Cl)Cc1ccccc1/C(C)=C/C. The number of benzene rings is 2. The minimum atomic E-state index is -0.254. The van der Waals surface area contributed by atoms with Crippen molar-refractivity contribution >= 4 is 34.7 Å². The van der Waals surface area contributed by atoms with Crippen LogP contribution in [-0.4, -0.2) is 5.91 Å². The van der Waals surface area contributed by atoms with Gasteiger partial charge in [0, 0.05) is 16.5 Å². The van der Waals surface area contributed by atoms with Gasteiger partial charge >= 0.3 is 0 Å². The van der Waals surface area contributed by atoms with Crippen molar-refractivity contribution < 1.29 is 4.79 Å². The molecule has 2 atom stereocenters. The van der Waals surface area contributed by atoms with Crippen molar-refractivity contribution in [2.45, 2.75) is 59.3 Å². The molecular formula is C28H35Cl2NO. The number of carbonyl (C=O) groups is 1. The van der Waals surface area contributed by atoms with Crippen molar-refractivity contribution in [2.75, 3.05) is 0 Å². The fraction of sp³-hybridized carbons (Fsp3) is 0.393. The lowest BCUT2D eigenvalue weighted by molar-refractivity contribution is -0.119. The Hall–Kier alpha value is -2.03. The standard InChI is InChI=1S/C28H35Cl2NO/c1-5-7-10-21(15-27(31)32)17-28(4,19-23-13-14-24(29)16-26(23)30)18-22-11-8-9-12-25(22)20(3)6-2/h5-6,8-9,11-14,16,21H,1,7,10,15,17-19H2,2-4H3,(H2,31,32)/b20-6+. The summed E-state index contributed by atoms with van der Waals surface area (Å²) in [4.78, 5) is 11.8. The molecule has 0 saturated heterocycles. The highest BCUT2D eigenvalue weighted by Crippen LogP contribution is 2.40. The second kappa shape index (κ2) is 12.3. The van der Waals surface area contributed by atoms with E-state index in [-0.39, 0.29) is 17.2 Å². The molecule has 0 spiro atoms. The van der Waals surface area contributed by atoms with Crippen LogP contribution in [0.3, 0.4) is 0 Å². The smallest absolute Gasteiger partial charge is 0.217 e. The first-order valence-electron chi connectivity index (χ1n) is 11.2. The number of carbonyl (C=O) groups excluding carboxylic acids is 1. The normalized spacial score (nSPS) is 14.6. The van der Waals surface area contributed by atoms with Crippen molar-refractivity contribution in [2.24, 2.45) is 17.1 Å². The first kappa shape index (κ1) is 26.2. The summed E-state index contributed by atoms with van der Waals surface area (Å²) in [5.74, 6) is -0.0624. The van der Waals surface area contributed by atoms with Gasteiger partial charge in [0.1, 0.15) is 0 Å². The average molecular weight is 473 g/mol. The lowest BCUT2D eigenvalue weighted by atomic mass is 9.70. The Labute approximate surface area is 203 Å². The Balaban J connectivity index is 2.45. The second-order valence-electron chi connectivity index (χ2n) is 9.14. The number of hydrogen-bond donors (Lipinski definition) is 1. The zero-order valence-electron chi connectivity index (χ0n) is 19.5. The molecule has 0 aliphatic heterocycles. The van der Waals surface area contributed by atoms with Gasteiger partial charge in [-0.05, 0) is 91.7 Å². The van der Waals surface area contributed by atoms with Crippen LogP contribution in [0, 0.1) is 11.3 Å². The number of amides is 1. The maximum absolute atomic E-state index is 11.8. The third kappa shape index (κ3) is 7.83. The van der Waals surface area contributed by atoms with Gasteiger partial charge in [0.05, 0.1) is 0 Å². The van der Waals surface area contributed by atoms with Crippen LogP contribution >= 0.6 is 23.2 Å². The average Bonchev–Trinajstić information content (AvgIpc) is 2.73. The molecule has 0 heterocycles. The van der Waals surface area contributed by atoms with Crippen molar-refractivity contribution in [3.05, 3.63) is 87.9 Å². The van der Waals surface area contributed by atoms with Crippen LogP contribution in [0.25, 0.3) is 5.57 Å². The van der Waals surface area contributed by atoms with E-state index in [4.69, 9.17) is 28.9 Å². The molecule has 32 heavy (non-hydrogen) atoms. The molecule has 0 saturated carbocycles. The molecule has 0 fully saturated rings. The highest BCUT2D eigenvalue weighted by atomic mass is 35.5. The monoisotopic (exact) mass is 471 g/mol. The van der Waals surface area contributed by atoms with Gasteiger partial charge in [-0.1, -0.05) is 72.6 Å². The van der Waals surface area contributed by atoms with E-state index in [0.717, 1.165) is 37.7 Å². The predicted molar refractivity (Wildman–Crippen MR) is 139 cm³/mol. The predicted octanol–water partition coefficient (Wildman–Crippen LogP) is 8.06. The molecule has 2 N–H and O–H groups in total. The summed E-state index contributed by atoms with van der Waals surface area (Å²) in [5.41, 5.74) is 10.4. The number of rotatable bonds is 12. The molecule has 0 bridgehead atoms. The highest BCUT2D eigenvalue weighted by molar-refractivity contribution is 6.35. The van der Waals surface area contributed by atoms with Crippen LogP contribution in [0.5, 0.6) is 0 Å². The third-order valence-corrected chi connectivity index (χ3v) is 6.76. The molecule has 0 aliphatic carbocycles. The van der Waals surface area contributed by atoms with Gasteiger partial charge in [-0.3, -0.25) is 4.79 Å². The first-order chi connectivity index (χ1) is 15.2. The van der Waals surface area contributed by atoms with Crippen LogP contribution in [0.15, 0.2) is 61.2 Å². The molecule has 2 aromatic rings. The van der Waals surface area contributed by atoms with Crippen LogP contribution in [-0.2, 0) is 17.6 Å². The van der Waals surface area contributed by atoms with E-state index in [1.807, 2.05) is 18.2 Å². The zero-order valence-corrected chi connectivity index (χ0v) is 21.0. The molecule has 2 rings (SSSR count). The minimum absolute atomic E-state index is 0.122. The summed E-state index contributed by atoms with van der Waals surface area (Å²) in [6.07, 6.45) is 8.72. The fourth-order valence-corrected chi connectivity index (χ4v) is 5.09. The molecule has 0 radical (unpaired) electrons. The maximum atomic E-state index is 11.8. The summed E-state index contributed by atoms with van der Waals surface area (Å²) in [5, 5.41) is 1.31. The van der Waals surface area contributed by atoms with Gasteiger partial charge in [-0.25, -0.2) is 0 Å². The Morgan fingerprint density at radius 3 is 2.47 bits per heavy atom. The van der Waals surface area contributed by atoms with Crippen LogP contribution < -0.4 is 5.73 Å². The molecule has 0 aliphatic rings. The van der Waals surface area contributed by atoms with E-state index in [9.17, 15) is 4.79 Å². The van der Waals surface area contributed by atoms with Crippen LogP contribution in [0.2, 0.25) is 10.0 Å². The Kier molecular flexibility index (Phi) is 10.1. The second-order valence-corrected chi connectivity index (χ2v) is 9.98. The molecule has 172 valence electrons. The van der Waals surface area contributed by atoms with E-state index >= 15 is 0 Å². The summed E-state index contributed by atoms with van der Waals surface area (Å²) in [6.45, 7) is 10.4. The summed E-state index contributed by atoms with van der Waals surface area (Å²) >= 11 is 12.7. The number of hydrogen-bond acceptors (Lipinski definition) is 1. The molecule has 2 unspecified atom stereocenters. The first-order valence-corrected chi connectivity index (χ1v) is 12.0. The number of allylic oxidation sites excluding steroid dienone is 3. The molecule has 1 amide bonds. The van der Waals surface area contributed by atoms with E-state index in [2.05, 4.69) is 57.7 Å². The summed E-state index contributed by atoms with van der Waals surface area (Å²) in [7, 11) is 0. The summed E-state index contributed by atoms with van der Waals surface area (Å²) in [6, 6.07) is 14.3. The van der Waals surface area contributed by atoms with E-state index in [1.54, 1.807) is 6.07 Å². The van der Waals surface area contributed by atoms with Gasteiger partial charge in [-0.2, -0.15) is 0 Å². The number of halogens is 2. The largest absolute Gasteiger partial charge is 0.370 e. The van der Waals surface area contributed by atoms with E-state index in [0.29, 0.717) is 16.5 Å². The van der Waals surface area contributed by atoms with Crippen molar-refractivity contribution in [1.29, 1.82) is 0 Å². The Morgan fingerprint density at radius 2 is 1.84 bits per heavy atom. The van der Waals surface area contributed by atoms with Crippen LogP contribution in [0.1, 0.15) is 63.1 Å². The molecular weight excluding hydrogens is 437 g/mol. The van der Waals surface area contributed by atoms with Crippen molar-refractivity contribution in [1.82, 2.24) is 0 Å². The Morgan fingerprint density at radius 1 is 1.16 bits per heavy atom. The minimum Gasteiger partial charge on any atom is -0.370 e. The van der Waals surface area contributed by atoms with E-state index in [1.165, 1.54) is 16.7 Å². The lowest BCUT2D eigenvalue weighted by Gasteiger charge is -2.35. The zero-order chi connectivity index (χ0) is 23.7. The molecule has 0 aromatic heterocycles. The quantitative estimate of drug-likeness (QED) is 0.312. The van der Waals surface area contributed by atoms with Gasteiger partial charge in [-0.15, -0.1) is 6.58 Å².